The number of hydrogen-bond donors (Lipinski definition) is 0. The van der Waals surface area contributed by atoms with Gasteiger partial charge in [-0.2, -0.15) is 0 Å². The lowest BCUT2D eigenvalue weighted by Gasteiger charge is -2.18. The molecule has 12 aromatic rings. The van der Waals surface area contributed by atoms with Crippen LogP contribution in [0.25, 0.3) is 120 Å². The standard InChI is InChI=1S/C56H34O/c1-2-12-38-30-42(24-21-35(38)10-1)55-47-15-5-7-17-49(47)56(50-18-8-6-16-48(50)55)43-25-22-36-20-23-39(31-44(36)32-43)40-26-28-53-51(33-40)52-34-41(27-29-54(52)57-53)46-19-9-13-37-11-3-4-14-45(37)46/h1-34H/i1D,2D,5D,6D,7D,8D,10D,12D,21D,24D,26D,27D,28D,29D,30D,33D,34D. The first-order valence-electron chi connectivity index (χ1n) is 26.8. The van der Waals surface area contributed by atoms with Crippen molar-refractivity contribution in [2.24, 2.45) is 0 Å². The van der Waals surface area contributed by atoms with Crippen LogP contribution >= 0.6 is 0 Å². The Hall–Kier alpha value is -7.48. The van der Waals surface area contributed by atoms with E-state index in [1.165, 1.54) is 24.3 Å². The van der Waals surface area contributed by atoms with Crippen LogP contribution in [0.15, 0.2) is 210 Å². The highest BCUT2D eigenvalue weighted by Gasteiger charge is 2.18. The molecule has 11 aromatic carbocycles. The predicted molar refractivity (Wildman–Crippen MR) is 243 cm³/mol. The van der Waals surface area contributed by atoms with E-state index in [9.17, 15) is 8.22 Å². The van der Waals surface area contributed by atoms with Crippen molar-refractivity contribution in [3.05, 3.63) is 206 Å². The molecule has 0 aliphatic rings. The fourth-order valence-electron chi connectivity index (χ4n) is 8.05. The summed E-state index contributed by atoms with van der Waals surface area (Å²) in [4.78, 5) is 0. The van der Waals surface area contributed by atoms with E-state index in [4.69, 9.17) is 19.5 Å². The van der Waals surface area contributed by atoms with E-state index in [0.717, 1.165) is 16.2 Å². The summed E-state index contributed by atoms with van der Waals surface area (Å²) in [5.41, 5.74) is 1.74. The molecule has 1 heterocycles. The third kappa shape index (κ3) is 5.10. The maximum atomic E-state index is 9.70. The predicted octanol–water partition coefficient (Wildman–Crippen LogP) is 16.0. The van der Waals surface area contributed by atoms with Crippen molar-refractivity contribution in [3.8, 4) is 44.5 Å². The molecule has 264 valence electrons. The highest BCUT2D eigenvalue weighted by atomic mass is 16.3. The van der Waals surface area contributed by atoms with Crippen LogP contribution in [0, 0.1) is 0 Å². The van der Waals surface area contributed by atoms with Crippen LogP contribution in [-0.2, 0) is 0 Å². The van der Waals surface area contributed by atoms with Crippen molar-refractivity contribution in [2.75, 3.05) is 0 Å². The summed E-state index contributed by atoms with van der Waals surface area (Å²) in [5.74, 6) is 0. The number of benzene rings is 11. The van der Waals surface area contributed by atoms with Gasteiger partial charge in [-0.15, -0.1) is 0 Å². The van der Waals surface area contributed by atoms with Crippen LogP contribution < -0.4 is 0 Å². The van der Waals surface area contributed by atoms with Gasteiger partial charge in [0, 0.05) is 10.8 Å². The molecular formula is C56H34O. The molecule has 0 fully saturated rings. The van der Waals surface area contributed by atoms with E-state index < -0.39 is 42.3 Å². The highest BCUT2D eigenvalue weighted by molar-refractivity contribution is 6.22. The fourth-order valence-corrected chi connectivity index (χ4v) is 8.05. The average molecular weight is 740 g/mol. The topological polar surface area (TPSA) is 13.1 Å². The minimum Gasteiger partial charge on any atom is -0.456 e. The van der Waals surface area contributed by atoms with Crippen LogP contribution in [0.4, 0.5) is 0 Å². The summed E-state index contributed by atoms with van der Waals surface area (Å²) in [6.07, 6.45) is 0. The lowest BCUT2D eigenvalue weighted by Crippen LogP contribution is -1.91. The maximum Gasteiger partial charge on any atom is 0.135 e. The molecule has 0 spiro atoms. The first-order valence-corrected chi connectivity index (χ1v) is 18.3. The van der Waals surface area contributed by atoms with Crippen molar-refractivity contribution in [1.29, 1.82) is 0 Å². The van der Waals surface area contributed by atoms with Gasteiger partial charge in [-0.25, -0.2) is 0 Å². The second-order valence-corrected chi connectivity index (χ2v) is 13.9. The molecule has 0 saturated heterocycles. The van der Waals surface area contributed by atoms with Gasteiger partial charge < -0.3 is 4.42 Å². The molecule has 0 atom stereocenters. The molecule has 57 heavy (non-hydrogen) atoms. The van der Waals surface area contributed by atoms with Gasteiger partial charge in [0.05, 0.1) is 23.3 Å². The van der Waals surface area contributed by atoms with Crippen LogP contribution in [0.2, 0.25) is 0 Å². The zero-order valence-electron chi connectivity index (χ0n) is 46.7. The molecule has 0 radical (unpaired) electrons. The van der Waals surface area contributed by atoms with Gasteiger partial charge in [0.1, 0.15) is 11.2 Å². The molecule has 0 saturated carbocycles. The minimum atomic E-state index is -0.629. The Morgan fingerprint density at radius 3 is 1.67 bits per heavy atom. The normalized spacial score (nSPS) is 16.0. The lowest BCUT2D eigenvalue weighted by atomic mass is 9.85. The molecule has 12 rings (SSSR count). The second-order valence-electron chi connectivity index (χ2n) is 13.9. The quantitative estimate of drug-likeness (QED) is 0.164. The number of fused-ring (bicyclic) bond motifs is 8. The molecule has 0 aliphatic carbocycles. The number of rotatable bonds is 4. The maximum absolute atomic E-state index is 9.70. The van der Waals surface area contributed by atoms with Gasteiger partial charge in [-0.05, 0) is 141 Å². The van der Waals surface area contributed by atoms with Gasteiger partial charge >= 0.3 is 0 Å². The Bertz CT molecular complexity index is 4510. The third-order valence-electron chi connectivity index (χ3n) is 10.7. The smallest absolute Gasteiger partial charge is 0.135 e. The van der Waals surface area contributed by atoms with Crippen LogP contribution in [0.1, 0.15) is 23.3 Å². The Balaban J connectivity index is 1.11. The Kier molecular flexibility index (Phi) is 4.26. The van der Waals surface area contributed by atoms with Gasteiger partial charge in [0.25, 0.3) is 0 Å². The van der Waals surface area contributed by atoms with Gasteiger partial charge in [0.2, 0.25) is 0 Å². The molecule has 0 aliphatic heterocycles. The summed E-state index contributed by atoms with van der Waals surface area (Å²) in [6, 6.07) is 23.0. The van der Waals surface area contributed by atoms with Gasteiger partial charge in [0.15, 0.2) is 0 Å². The largest absolute Gasteiger partial charge is 0.456 e. The molecule has 0 amide bonds. The molecule has 1 nitrogen and oxygen atoms in total. The van der Waals surface area contributed by atoms with Crippen molar-refractivity contribution >= 4 is 75.8 Å². The van der Waals surface area contributed by atoms with E-state index in [1.54, 1.807) is 24.3 Å². The fraction of sp³-hybridized carbons (Fsp3) is 0. The summed E-state index contributed by atoms with van der Waals surface area (Å²) >= 11 is 0. The zero-order valence-corrected chi connectivity index (χ0v) is 29.7. The number of furan rings is 1. The highest BCUT2D eigenvalue weighted by Crippen LogP contribution is 2.45. The summed E-state index contributed by atoms with van der Waals surface area (Å²) in [7, 11) is 0. The Labute approximate surface area is 353 Å². The molecule has 1 aromatic heterocycles. The van der Waals surface area contributed by atoms with E-state index in [0.29, 0.717) is 38.4 Å². The minimum absolute atomic E-state index is 0.0544. The molecule has 0 bridgehead atoms. The van der Waals surface area contributed by atoms with E-state index in [2.05, 4.69) is 0 Å². The molecule has 1 heteroatoms. The van der Waals surface area contributed by atoms with E-state index in [-0.39, 0.29) is 126 Å². The lowest BCUT2D eigenvalue weighted by molar-refractivity contribution is 0.669. The van der Waals surface area contributed by atoms with E-state index >= 15 is 0 Å². The van der Waals surface area contributed by atoms with Crippen LogP contribution in [0.3, 0.4) is 0 Å². The van der Waals surface area contributed by atoms with Crippen molar-refractivity contribution in [1.82, 2.24) is 0 Å². The Morgan fingerprint density at radius 2 is 0.912 bits per heavy atom. The summed E-state index contributed by atoms with van der Waals surface area (Å²) < 4.78 is 159. The molecule has 0 N–H and O–H groups in total. The van der Waals surface area contributed by atoms with Gasteiger partial charge in [-0.3, -0.25) is 0 Å². The summed E-state index contributed by atoms with van der Waals surface area (Å²) in [6.45, 7) is 0. The summed E-state index contributed by atoms with van der Waals surface area (Å²) in [5, 5.41) is 3.66. The van der Waals surface area contributed by atoms with Crippen molar-refractivity contribution in [2.45, 2.75) is 0 Å². The average Bonchev–Trinajstić information content (AvgIpc) is 3.83. The second kappa shape index (κ2) is 12.5. The molecule has 0 unspecified atom stereocenters. The zero-order chi connectivity index (χ0) is 52.2. The van der Waals surface area contributed by atoms with Gasteiger partial charge in [-0.1, -0.05) is 164 Å². The van der Waals surface area contributed by atoms with Crippen molar-refractivity contribution in [3.63, 3.8) is 0 Å². The van der Waals surface area contributed by atoms with Crippen LogP contribution in [-0.4, -0.2) is 0 Å². The third-order valence-corrected chi connectivity index (χ3v) is 10.7. The monoisotopic (exact) mass is 739 g/mol. The van der Waals surface area contributed by atoms with E-state index in [1.807, 2.05) is 54.6 Å². The first-order chi connectivity index (χ1) is 35.3. The van der Waals surface area contributed by atoms with Crippen molar-refractivity contribution < 1.29 is 27.7 Å². The number of hydrogen-bond acceptors (Lipinski definition) is 1. The first kappa shape index (κ1) is 19.4. The molecular weight excluding hydrogens is 689 g/mol. The van der Waals surface area contributed by atoms with Crippen LogP contribution in [0.5, 0.6) is 0 Å². The Morgan fingerprint density at radius 1 is 0.316 bits per heavy atom. The SMILES string of the molecule is [2H]c1cc2c(-c3ccc4ccc(-c5c([2H])c([2H])c6oc7c([2H])c([2H])c(-c8cccc9ccccc89)c([2H])c7c6c5[2H])cc4c3)c3cc([2H])c([2H])cc3c(-c3c([2H])c([2H])c4c([2H])c([2H])c([2H])c([2H])c4c3[2H])c2cc1[2H].